The smallest absolute Gasteiger partial charge is 0.341 e. The largest absolute Gasteiger partial charge is 0.465 e. The Morgan fingerprint density at radius 1 is 1.65 bits per heavy atom. The van der Waals surface area contributed by atoms with Crippen molar-refractivity contribution in [3.05, 3.63) is 24.0 Å². The van der Waals surface area contributed by atoms with Crippen molar-refractivity contribution in [2.45, 2.75) is 18.9 Å². The van der Waals surface area contributed by atoms with Crippen LogP contribution in [0.25, 0.3) is 0 Å². The normalized spacial score (nSPS) is 20.1. The van der Waals surface area contributed by atoms with Crippen molar-refractivity contribution in [1.82, 2.24) is 4.98 Å². The molecule has 92 valence electrons. The number of hydrogen-bond donors (Lipinski definition) is 1. The summed E-state index contributed by atoms with van der Waals surface area (Å²) < 4.78 is 4.76. The highest BCUT2D eigenvalue weighted by molar-refractivity contribution is 5.95. The van der Waals surface area contributed by atoms with Gasteiger partial charge in [0.2, 0.25) is 0 Å². The summed E-state index contributed by atoms with van der Waals surface area (Å²) in [6, 6.07) is 2.01. The van der Waals surface area contributed by atoms with Gasteiger partial charge in [0.25, 0.3) is 0 Å². The van der Waals surface area contributed by atoms with Crippen molar-refractivity contribution < 1.29 is 9.53 Å². The maximum Gasteiger partial charge on any atom is 0.341 e. The number of nitrogens with zero attached hydrogens (tertiary/aromatic N) is 2. The Balaban J connectivity index is 2.27. The zero-order chi connectivity index (χ0) is 12.3. The highest BCUT2D eigenvalue weighted by Gasteiger charge is 2.21. The second-order valence-corrected chi connectivity index (χ2v) is 4.23. The van der Waals surface area contributed by atoms with E-state index in [1.165, 1.54) is 7.11 Å². The number of ether oxygens (including phenoxy) is 1. The topological polar surface area (TPSA) is 68.5 Å². The van der Waals surface area contributed by atoms with Gasteiger partial charge in [0, 0.05) is 31.5 Å². The van der Waals surface area contributed by atoms with E-state index in [0.29, 0.717) is 5.56 Å². The highest BCUT2D eigenvalue weighted by Crippen LogP contribution is 2.23. The molecule has 1 atom stereocenters. The van der Waals surface area contributed by atoms with Crippen molar-refractivity contribution >= 4 is 11.7 Å². The molecule has 1 unspecified atom stereocenters. The summed E-state index contributed by atoms with van der Waals surface area (Å²) in [6.45, 7) is 1.69. The number of aromatic nitrogens is 1. The molecule has 0 aliphatic carbocycles. The summed E-state index contributed by atoms with van der Waals surface area (Å²) in [7, 11) is 1.38. The van der Waals surface area contributed by atoms with E-state index in [9.17, 15) is 4.79 Å². The fraction of sp³-hybridized carbons (Fsp3) is 0.500. The number of carbonyl (C=O) groups is 1. The monoisotopic (exact) mass is 235 g/mol. The molecule has 5 heteroatoms. The Morgan fingerprint density at radius 3 is 3.18 bits per heavy atom. The molecule has 2 heterocycles. The third-order valence-electron chi connectivity index (χ3n) is 3.00. The van der Waals surface area contributed by atoms with Crippen LogP contribution >= 0.6 is 0 Å². The first-order valence-corrected chi connectivity index (χ1v) is 5.75. The number of piperidine rings is 1. The number of carbonyl (C=O) groups excluding carboxylic acids is 1. The van der Waals surface area contributed by atoms with E-state index in [-0.39, 0.29) is 12.0 Å². The summed E-state index contributed by atoms with van der Waals surface area (Å²) in [5, 5.41) is 0. The van der Waals surface area contributed by atoms with Gasteiger partial charge in [-0.15, -0.1) is 0 Å². The van der Waals surface area contributed by atoms with Gasteiger partial charge in [-0.25, -0.2) is 4.79 Å². The molecule has 17 heavy (non-hydrogen) atoms. The van der Waals surface area contributed by atoms with Crippen molar-refractivity contribution in [3.8, 4) is 0 Å². The van der Waals surface area contributed by atoms with Gasteiger partial charge in [-0.3, -0.25) is 4.98 Å². The van der Waals surface area contributed by atoms with Crippen LogP contribution < -0.4 is 10.6 Å². The molecule has 5 nitrogen and oxygen atoms in total. The van der Waals surface area contributed by atoms with E-state index >= 15 is 0 Å². The second-order valence-electron chi connectivity index (χ2n) is 4.23. The van der Waals surface area contributed by atoms with E-state index in [0.717, 1.165) is 31.6 Å². The van der Waals surface area contributed by atoms with Gasteiger partial charge >= 0.3 is 5.97 Å². The summed E-state index contributed by atoms with van der Waals surface area (Å²) in [6.07, 6.45) is 5.31. The second kappa shape index (κ2) is 5.14. The Kier molecular flexibility index (Phi) is 3.58. The Labute approximate surface area is 101 Å². The minimum atomic E-state index is -0.354. The van der Waals surface area contributed by atoms with Crippen LogP contribution in [0, 0.1) is 0 Å². The quantitative estimate of drug-likeness (QED) is 0.768. The van der Waals surface area contributed by atoms with Crippen LogP contribution in [0.1, 0.15) is 23.2 Å². The number of anilines is 1. The molecular weight excluding hydrogens is 218 g/mol. The summed E-state index contributed by atoms with van der Waals surface area (Å²) in [5.74, 6) is -0.354. The van der Waals surface area contributed by atoms with Gasteiger partial charge in [-0.2, -0.15) is 0 Å². The fourth-order valence-corrected chi connectivity index (χ4v) is 2.16. The first kappa shape index (κ1) is 11.9. The van der Waals surface area contributed by atoms with Gasteiger partial charge in [-0.1, -0.05) is 0 Å². The van der Waals surface area contributed by atoms with Gasteiger partial charge in [0.15, 0.2) is 0 Å². The Morgan fingerprint density at radius 2 is 2.47 bits per heavy atom. The van der Waals surface area contributed by atoms with Gasteiger partial charge in [-0.05, 0) is 18.9 Å². The molecular formula is C12H17N3O2. The first-order chi connectivity index (χ1) is 8.22. The van der Waals surface area contributed by atoms with Crippen LogP contribution in [-0.2, 0) is 4.74 Å². The summed E-state index contributed by atoms with van der Waals surface area (Å²) in [4.78, 5) is 17.7. The molecule has 1 aliphatic heterocycles. The Bertz CT molecular complexity index is 408. The number of hydrogen-bond acceptors (Lipinski definition) is 5. The van der Waals surface area contributed by atoms with Crippen molar-refractivity contribution in [2.75, 3.05) is 25.1 Å². The number of pyridine rings is 1. The number of esters is 1. The van der Waals surface area contributed by atoms with Crippen LogP contribution in [0.15, 0.2) is 18.5 Å². The first-order valence-electron chi connectivity index (χ1n) is 5.75. The van der Waals surface area contributed by atoms with Crippen LogP contribution in [0.3, 0.4) is 0 Å². The summed E-state index contributed by atoms with van der Waals surface area (Å²) >= 11 is 0. The van der Waals surface area contributed by atoms with Gasteiger partial charge < -0.3 is 15.4 Å². The van der Waals surface area contributed by atoms with Crippen LogP contribution in [-0.4, -0.2) is 37.2 Å². The lowest BCUT2D eigenvalue weighted by Crippen LogP contribution is -2.43. The highest BCUT2D eigenvalue weighted by atomic mass is 16.5. The molecule has 2 rings (SSSR count). The Hall–Kier alpha value is -1.62. The van der Waals surface area contributed by atoms with Crippen molar-refractivity contribution in [3.63, 3.8) is 0 Å². The molecule has 1 aromatic heterocycles. The lowest BCUT2D eigenvalue weighted by Gasteiger charge is -2.33. The summed E-state index contributed by atoms with van der Waals surface area (Å²) in [5.41, 5.74) is 7.31. The third-order valence-corrected chi connectivity index (χ3v) is 3.00. The third kappa shape index (κ3) is 2.55. The maximum absolute atomic E-state index is 11.6. The van der Waals surface area contributed by atoms with Gasteiger partial charge in [0.1, 0.15) is 5.56 Å². The minimum Gasteiger partial charge on any atom is -0.465 e. The molecule has 1 saturated heterocycles. The van der Waals surface area contributed by atoms with Crippen LogP contribution in [0.5, 0.6) is 0 Å². The van der Waals surface area contributed by atoms with Crippen LogP contribution in [0.2, 0.25) is 0 Å². The SMILES string of the molecule is COC(=O)c1cnccc1N1CCCC(N)C1. The molecule has 0 amide bonds. The lowest BCUT2D eigenvalue weighted by molar-refractivity contribution is 0.0601. The van der Waals surface area contributed by atoms with Gasteiger partial charge in [0.05, 0.1) is 12.8 Å². The molecule has 2 N–H and O–H groups in total. The average molecular weight is 235 g/mol. The molecule has 0 radical (unpaired) electrons. The number of nitrogens with two attached hydrogens (primary N) is 1. The molecule has 0 saturated carbocycles. The van der Waals surface area contributed by atoms with Crippen molar-refractivity contribution in [2.24, 2.45) is 5.73 Å². The molecule has 1 fully saturated rings. The molecule has 0 aromatic carbocycles. The standard InChI is InChI=1S/C12H17N3O2/c1-17-12(16)10-7-14-5-4-11(10)15-6-2-3-9(13)8-15/h4-5,7,9H,2-3,6,8,13H2,1H3. The molecule has 0 spiro atoms. The lowest BCUT2D eigenvalue weighted by atomic mass is 10.0. The predicted molar refractivity (Wildman–Crippen MR) is 65.0 cm³/mol. The average Bonchev–Trinajstić information content (AvgIpc) is 2.38. The predicted octanol–water partition coefficient (Wildman–Crippen LogP) is 0.796. The van der Waals surface area contributed by atoms with E-state index in [2.05, 4.69) is 9.88 Å². The number of rotatable bonds is 2. The van der Waals surface area contributed by atoms with E-state index < -0.39 is 0 Å². The van der Waals surface area contributed by atoms with E-state index in [1.807, 2.05) is 6.07 Å². The minimum absolute atomic E-state index is 0.169. The van der Waals surface area contributed by atoms with E-state index in [1.54, 1.807) is 12.4 Å². The molecule has 1 aliphatic rings. The molecule has 0 bridgehead atoms. The zero-order valence-electron chi connectivity index (χ0n) is 9.93. The van der Waals surface area contributed by atoms with Crippen LogP contribution in [0.4, 0.5) is 5.69 Å². The van der Waals surface area contributed by atoms with E-state index in [4.69, 9.17) is 10.5 Å². The fourth-order valence-electron chi connectivity index (χ4n) is 2.16. The maximum atomic E-state index is 11.6. The molecule has 1 aromatic rings. The number of methoxy groups -OCH3 is 1. The van der Waals surface area contributed by atoms with Crippen molar-refractivity contribution in [1.29, 1.82) is 0 Å². The zero-order valence-corrected chi connectivity index (χ0v) is 9.93.